The van der Waals surface area contributed by atoms with Crippen LogP contribution in [0.5, 0.6) is 11.5 Å². The Kier molecular flexibility index (Phi) is 16.4. The minimum Gasteiger partial charge on any atom is -0.505 e. The van der Waals surface area contributed by atoms with Crippen LogP contribution in [0.1, 0.15) is 0 Å². The number of benzene rings is 7. The molecular weight excluding hydrogens is 1310 g/mol. The number of phenolic OH excluding ortho intramolecular Hbond substituents is 2. The van der Waals surface area contributed by atoms with Crippen LogP contribution in [-0.4, -0.2) is 118 Å². The molecule has 0 unspecified atom stereocenters. The molecule has 42 heteroatoms. The summed E-state index contributed by atoms with van der Waals surface area (Å²) in [5, 5.41) is 45.2. The topological polar surface area (TPSA) is 542 Å². The number of hydrogen-bond donors (Lipinski definition) is 12. The second kappa shape index (κ2) is 22.8. The lowest BCUT2D eigenvalue weighted by Crippen LogP contribution is -2.08. The van der Waals surface area contributed by atoms with Crippen molar-refractivity contribution < 1.29 is 88.0 Å². The van der Waals surface area contributed by atoms with Gasteiger partial charge in [-0.05, 0) is 119 Å². The van der Waals surface area contributed by atoms with Crippen LogP contribution in [0.4, 0.5) is 69.3 Å². The molecule has 2 aromatic heterocycles. The number of nitrogens with one attached hydrogen (secondary N) is 4. The van der Waals surface area contributed by atoms with E-state index in [2.05, 4.69) is 71.6 Å². The van der Waals surface area contributed by atoms with Gasteiger partial charge in [0.1, 0.15) is 52.1 Å². The molecule has 446 valence electrons. The van der Waals surface area contributed by atoms with Crippen molar-refractivity contribution in [3.05, 3.63) is 120 Å². The number of phenols is 2. The molecule has 0 aliphatic carbocycles. The number of azo groups is 2. The van der Waals surface area contributed by atoms with Crippen LogP contribution in [0.2, 0.25) is 10.6 Å². The van der Waals surface area contributed by atoms with Gasteiger partial charge in [-0.3, -0.25) is 27.3 Å². The Hall–Kier alpha value is -8.88. The summed E-state index contributed by atoms with van der Waals surface area (Å²) in [4.78, 5) is 18.3. The number of fused-ring (bicyclic) bond motifs is 2. The summed E-state index contributed by atoms with van der Waals surface area (Å²) in [6.45, 7) is 0. The molecule has 9 aromatic rings. The van der Waals surface area contributed by atoms with E-state index < -0.39 is 180 Å². The molecule has 0 bridgehead atoms. The van der Waals surface area contributed by atoms with E-state index >= 15 is 0 Å². The van der Waals surface area contributed by atoms with E-state index in [4.69, 9.17) is 23.2 Å². The summed E-state index contributed by atoms with van der Waals surface area (Å²) in [6.07, 6.45) is 0. The fourth-order valence-corrected chi connectivity index (χ4v) is 12.0. The molecule has 0 saturated heterocycles. The Bertz CT molecular complexity index is 4820. The zero-order valence-electron chi connectivity index (χ0n) is 41.5. The molecule has 0 atom stereocenters. The molecule has 2 heterocycles. The van der Waals surface area contributed by atoms with Crippen molar-refractivity contribution in [2.75, 3.05) is 21.3 Å². The zero-order chi connectivity index (χ0) is 62.6. The van der Waals surface area contributed by atoms with Crippen molar-refractivity contribution >= 4 is 175 Å². The monoisotopic (exact) mass is 1340 g/mol. The van der Waals surface area contributed by atoms with E-state index in [9.17, 15) is 88.0 Å². The van der Waals surface area contributed by atoms with Crippen LogP contribution in [0, 0.1) is 0 Å². The second-order valence-electron chi connectivity index (χ2n) is 17.0. The Morgan fingerprint density at radius 3 is 0.953 bits per heavy atom. The summed E-state index contributed by atoms with van der Waals surface area (Å²) in [7, 11) is -31.0. The Morgan fingerprint density at radius 1 is 0.349 bits per heavy atom. The molecule has 0 aliphatic heterocycles. The van der Waals surface area contributed by atoms with Crippen LogP contribution in [-0.2, 0) is 60.7 Å². The van der Waals surface area contributed by atoms with Crippen LogP contribution in [0.3, 0.4) is 0 Å². The summed E-state index contributed by atoms with van der Waals surface area (Å²) in [5.41, 5.74) is -3.74. The molecule has 0 saturated carbocycles. The molecule has 0 amide bonds. The van der Waals surface area contributed by atoms with Crippen molar-refractivity contribution in [2.24, 2.45) is 20.5 Å². The second-order valence-corrected chi connectivity index (χ2v) is 26.1. The fourth-order valence-electron chi connectivity index (χ4n) is 7.74. The Morgan fingerprint density at radius 2 is 0.640 bits per heavy atom. The maximum atomic E-state index is 12.7. The van der Waals surface area contributed by atoms with E-state index in [0.717, 1.165) is 36.4 Å². The number of nitrogens with zero attached hydrogens (tertiary/aromatic N) is 10. The summed E-state index contributed by atoms with van der Waals surface area (Å²) in [5.74, 6) is -3.78. The number of aromatic nitrogens is 6. The summed E-state index contributed by atoms with van der Waals surface area (Å²) < 4.78 is 208. The fraction of sp³-hybridized carbons (Fsp3) is 0. The Labute approximate surface area is 492 Å². The van der Waals surface area contributed by atoms with Gasteiger partial charge in [0.25, 0.3) is 60.7 Å². The van der Waals surface area contributed by atoms with Crippen LogP contribution in [0.25, 0.3) is 21.5 Å². The van der Waals surface area contributed by atoms with Gasteiger partial charge in [0.05, 0.1) is 11.4 Å². The predicted octanol–water partition coefficient (Wildman–Crippen LogP) is 8.37. The van der Waals surface area contributed by atoms with Gasteiger partial charge in [0, 0.05) is 22.1 Å². The van der Waals surface area contributed by atoms with Crippen molar-refractivity contribution in [1.29, 1.82) is 0 Å². The highest BCUT2D eigenvalue weighted by Crippen LogP contribution is 2.46. The number of rotatable bonds is 18. The zero-order valence-corrected chi connectivity index (χ0v) is 48.0. The molecule has 0 radical (unpaired) electrons. The van der Waals surface area contributed by atoms with Gasteiger partial charge in [-0.2, -0.15) is 80.4 Å². The smallest absolute Gasteiger partial charge is 0.296 e. The SMILES string of the molecule is O=S(=O)(O)c1ccccc1N=Nc1c(S(=O)(=O)O)cc2cc(S(=O)(=O)O)c(Nc3nc(Cl)nc(Nc4ccc(Nc5nc(Cl)nc(Nc6cc7c(O)c(N=Nc8ccccc8S(=O)(=O)O)c(S(=O)(=O)O)cc7cc6S(=O)(=O)O)n5)cc4)n3)cc2c1O. The highest BCUT2D eigenvalue weighted by atomic mass is 35.5. The number of aromatic hydroxyl groups is 2. The van der Waals surface area contributed by atoms with Gasteiger partial charge in [-0.25, -0.2) is 0 Å². The molecule has 86 heavy (non-hydrogen) atoms. The van der Waals surface area contributed by atoms with Crippen molar-refractivity contribution in [1.82, 2.24) is 29.9 Å². The number of hydrogen-bond acceptors (Lipinski definition) is 28. The lowest BCUT2D eigenvalue weighted by atomic mass is 10.1. The average Bonchev–Trinajstić information content (AvgIpc) is 1.29. The molecule has 0 fully saturated rings. The van der Waals surface area contributed by atoms with E-state index in [-0.39, 0.29) is 23.3 Å². The van der Waals surface area contributed by atoms with E-state index in [1.165, 1.54) is 48.5 Å². The first-order valence-corrected chi connectivity index (χ1v) is 32.0. The maximum absolute atomic E-state index is 12.7. The van der Waals surface area contributed by atoms with Gasteiger partial charge in [0.2, 0.25) is 34.4 Å². The van der Waals surface area contributed by atoms with Gasteiger partial charge in [-0.15, -0.1) is 20.5 Å². The van der Waals surface area contributed by atoms with Gasteiger partial charge >= 0.3 is 0 Å². The standard InChI is InChI=1S/C44H30Cl2N14O20S6/c45-39-51-41(55-43(53-39)49-27-17-23-19(13-31(27)83(69,70)71)15-33(85(75,76)77)35(37(23)61)59-57-25-5-1-3-7-29(25)81(63,64)65)47-21-9-11-22(12-10-21)48-42-52-40(46)54-44(56-42)50-28-18-24-20(14-32(28)84(72,73)74)16-34(86(78,79)80)36(38(24)62)60-58-26-6-2-4-8-30(26)82(66,67)68/h1-18,61-62H,(H,63,64,65)(H,66,67,68)(H,69,70,71)(H,72,73,74)(H,75,76,77)(H,78,79,80)(H2,47,49,51,53,55)(H2,48,50,52,54,56). The van der Waals surface area contributed by atoms with E-state index in [1.54, 1.807) is 0 Å². The Balaban J connectivity index is 0.981. The molecule has 34 nitrogen and oxygen atoms in total. The summed E-state index contributed by atoms with van der Waals surface area (Å²) >= 11 is 12.4. The highest BCUT2D eigenvalue weighted by Gasteiger charge is 2.29. The van der Waals surface area contributed by atoms with Gasteiger partial charge < -0.3 is 31.5 Å². The van der Waals surface area contributed by atoms with Crippen molar-refractivity contribution in [3.8, 4) is 11.5 Å². The molecular formula is C44H30Cl2N14O20S6. The van der Waals surface area contributed by atoms with Crippen molar-refractivity contribution in [2.45, 2.75) is 29.4 Å². The molecule has 0 spiro atoms. The first kappa shape index (κ1) is 61.7. The molecule has 7 aromatic carbocycles. The van der Waals surface area contributed by atoms with Gasteiger partial charge in [0.15, 0.2) is 11.5 Å². The normalized spacial score (nSPS) is 12.7. The third-order valence-electron chi connectivity index (χ3n) is 11.3. The quantitative estimate of drug-likeness (QED) is 0.0283. The lowest BCUT2D eigenvalue weighted by molar-refractivity contribution is 0.471. The van der Waals surface area contributed by atoms with E-state index in [0.29, 0.717) is 24.3 Å². The third-order valence-corrected chi connectivity index (χ3v) is 17.0. The third kappa shape index (κ3) is 13.8. The van der Waals surface area contributed by atoms with Crippen molar-refractivity contribution in [3.63, 3.8) is 0 Å². The van der Waals surface area contributed by atoms with Gasteiger partial charge in [-0.1, -0.05) is 24.3 Å². The predicted molar refractivity (Wildman–Crippen MR) is 301 cm³/mol. The highest BCUT2D eigenvalue weighted by molar-refractivity contribution is 7.87. The minimum atomic E-state index is -5.33. The first-order valence-electron chi connectivity index (χ1n) is 22.6. The number of halogens is 2. The lowest BCUT2D eigenvalue weighted by Gasteiger charge is -2.15. The van der Waals surface area contributed by atoms with E-state index in [1.807, 2.05) is 0 Å². The maximum Gasteiger partial charge on any atom is 0.296 e. The largest absolute Gasteiger partial charge is 0.505 e. The summed E-state index contributed by atoms with van der Waals surface area (Å²) in [6, 6.07) is 19.1. The van der Waals surface area contributed by atoms with Crippen LogP contribution < -0.4 is 21.3 Å². The van der Waals surface area contributed by atoms with Crippen LogP contribution >= 0.6 is 23.2 Å². The van der Waals surface area contributed by atoms with Crippen LogP contribution in [0.15, 0.2) is 159 Å². The average molecular weight is 1340 g/mol. The molecule has 9 rings (SSSR count). The number of anilines is 8. The minimum absolute atomic E-state index is 0.234. The molecule has 0 aliphatic rings. The molecule has 12 N–H and O–H groups in total. The first-order chi connectivity index (χ1) is 40.0.